The predicted octanol–water partition coefficient (Wildman–Crippen LogP) is 4.13. The lowest BCUT2D eigenvalue weighted by Crippen LogP contribution is -2.11. The summed E-state index contributed by atoms with van der Waals surface area (Å²) >= 11 is 0. The molecular formula is C18H18N2O. The van der Waals surface area contributed by atoms with E-state index in [9.17, 15) is 4.79 Å². The molecule has 0 saturated heterocycles. The Morgan fingerprint density at radius 2 is 1.71 bits per heavy atom. The van der Waals surface area contributed by atoms with Crippen LogP contribution in [0.2, 0.25) is 0 Å². The van der Waals surface area contributed by atoms with Gasteiger partial charge in [0, 0.05) is 11.3 Å². The van der Waals surface area contributed by atoms with E-state index in [1.54, 1.807) is 0 Å². The van der Waals surface area contributed by atoms with Crippen LogP contribution in [0.3, 0.4) is 0 Å². The highest BCUT2D eigenvalue weighted by molar-refractivity contribution is 6.04. The summed E-state index contributed by atoms with van der Waals surface area (Å²) in [5.41, 5.74) is 3.53. The minimum Gasteiger partial charge on any atom is -0.322 e. The Morgan fingerprint density at radius 3 is 2.24 bits per heavy atom. The van der Waals surface area contributed by atoms with Crippen LogP contribution in [0, 0.1) is 11.3 Å². The number of amides is 1. The van der Waals surface area contributed by atoms with Gasteiger partial charge in [-0.05, 0) is 41.3 Å². The molecule has 3 nitrogen and oxygen atoms in total. The third-order valence-electron chi connectivity index (χ3n) is 3.33. The van der Waals surface area contributed by atoms with Crippen LogP contribution in [0.15, 0.2) is 48.5 Å². The van der Waals surface area contributed by atoms with Crippen LogP contribution < -0.4 is 5.32 Å². The van der Waals surface area contributed by atoms with Crippen molar-refractivity contribution in [2.45, 2.75) is 26.2 Å². The zero-order valence-electron chi connectivity index (χ0n) is 12.3. The van der Waals surface area contributed by atoms with Gasteiger partial charge >= 0.3 is 0 Å². The van der Waals surface area contributed by atoms with Crippen molar-refractivity contribution in [2.75, 3.05) is 5.32 Å². The first-order chi connectivity index (χ1) is 10.1. The van der Waals surface area contributed by atoms with Crippen molar-refractivity contribution in [1.29, 1.82) is 5.26 Å². The van der Waals surface area contributed by atoms with Crippen LogP contribution in [0.5, 0.6) is 0 Å². The first kappa shape index (κ1) is 14.8. The van der Waals surface area contributed by atoms with Crippen molar-refractivity contribution in [2.24, 2.45) is 0 Å². The molecule has 0 spiro atoms. The normalized spacial score (nSPS) is 10.2. The molecule has 0 saturated carbocycles. The number of nitriles is 1. The smallest absolute Gasteiger partial charge is 0.255 e. The fraction of sp³-hybridized carbons (Fsp3) is 0.222. The van der Waals surface area contributed by atoms with Gasteiger partial charge in [-0.15, -0.1) is 0 Å². The second-order valence-electron chi connectivity index (χ2n) is 5.26. The van der Waals surface area contributed by atoms with Crippen molar-refractivity contribution in [3.8, 4) is 6.07 Å². The number of rotatable bonds is 4. The molecule has 1 amide bonds. The Hall–Kier alpha value is -2.60. The number of carbonyl (C=O) groups is 1. The zero-order chi connectivity index (χ0) is 15.2. The molecule has 0 heterocycles. The topological polar surface area (TPSA) is 52.9 Å². The van der Waals surface area contributed by atoms with E-state index in [0.717, 1.165) is 11.3 Å². The molecule has 2 aromatic rings. The first-order valence-electron chi connectivity index (χ1n) is 6.97. The molecule has 3 heteroatoms. The van der Waals surface area contributed by atoms with E-state index < -0.39 is 0 Å². The van der Waals surface area contributed by atoms with Crippen LogP contribution in [-0.2, 0) is 6.42 Å². The van der Waals surface area contributed by atoms with Crippen LogP contribution in [0.1, 0.15) is 41.3 Å². The number of anilines is 1. The monoisotopic (exact) mass is 278 g/mol. The van der Waals surface area contributed by atoms with Gasteiger partial charge in [0.15, 0.2) is 0 Å². The number of carbonyl (C=O) groups excluding carboxylic acids is 1. The summed E-state index contributed by atoms with van der Waals surface area (Å²) in [5.74, 6) is 0.327. The summed E-state index contributed by atoms with van der Waals surface area (Å²) in [6, 6.07) is 17.1. The van der Waals surface area contributed by atoms with Gasteiger partial charge in [0.1, 0.15) is 0 Å². The van der Waals surface area contributed by atoms with E-state index in [2.05, 4.69) is 25.2 Å². The maximum atomic E-state index is 12.1. The van der Waals surface area contributed by atoms with Crippen LogP contribution >= 0.6 is 0 Å². The van der Waals surface area contributed by atoms with Gasteiger partial charge in [-0.25, -0.2) is 0 Å². The van der Waals surface area contributed by atoms with Crippen molar-refractivity contribution < 1.29 is 4.79 Å². The van der Waals surface area contributed by atoms with E-state index in [-0.39, 0.29) is 5.91 Å². The Bertz CT molecular complexity index is 649. The number of hydrogen-bond acceptors (Lipinski definition) is 2. The average molecular weight is 278 g/mol. The average Bonchev–Trinajstić information content (AvgIpc) is 2.49. The molecular weight excluding hydrogens is 260 g/mol. The molecule has 0 aromatic heterocycles. The summed E-state index contributed by atoms with van der Waals surface area (Å²) in [4.78, 5) is 12.1. The van der Waals surface area contributed by atoms with E-state index in [1.807, 2.05) is 48.5 Å². The maximum Gasteiger partial charge on any atom is 0.255 e. The van der Waals surface area contributed by atoms with E-state index in [1.165, 1.54) is 5.56 Å². The van der Waals surface area contributed by atoms with Crippen molar-refractivity contribution in [3.05, 3.63) is 65.2 Å². The summed E-state index contributed by atoms with van der Waals surface area (Å²) in [6.07, 6.45) is 0.380. The summed E-state index contributed by atoms with van der Waals surface area (Å²) in [6.45, 7) is 4.25. The van der Waals surface area contributed by atoms with Crippen molar-refractivity contribution in [3.63, 3.8) is 0 Å². The Kier molecular flexibility index (Phi) is 4.73. The molecule has 0 fully saturated rings. The predicted molar refractivity (Wildman–Crippen MR) is 84.2 cm³/mol. The largest absolute Gasteiger partial charge is 0.322 e. The molecule has 0 radical (unpaired) electrons. The Balaban J connectivity index is 2.05. The summed E-state index contributed by atoms with van der Waals surface area (Å²) in [5, 5.41) is 11.5. The molecule has 0 aliphatic rings. The SMILES string of the molecule is CC(C)c1ccc(C(=O)Nc2ccc(CC#N)cc2)cc1. The summed E-state index contributed by atoms with van der Waals surface area (Å²) < 4.78 is 0. The fourth-order valence-corrected chi connectivity index (χ4v) is 2.02. The minimum absolute atomic E-state index is 0.127. The highest BCUT2D eigenvalue weighted by atomic mass is 16.1. The molecule has 1 N–H and O–H groups in total. The summed E-state index contributed by atoms with van der Waals surface area (Å²) in [7, 11) is 0. The highest BCUT2D eigenvalue weighted by Crippen LogP contribution is 2.16. The lowest BCUT2D eigenvalue weighted by atomic mass is 10.0. The lowest BCUT2D eigenvalue weighted by molar-refractivity contribution is 0.102. The number of benzene rings is 2. The molecule has 0 atom stereocenters. The molecule has 0 aliphatic carbocycles. The quantitative estimate of drug-likeness (QED) is 0.914. The van der Waals surface area contributed by atoms with E-state index in [4.69, 9.17) is 5.26 Å². The second-order valence-corrected chi connectivity index (χ2v) is 5.26. The zero-order valence-corrected chi connectivity index (χ0v) is 12.3. The minimum atomic E-state index is -0.127. The molecule has 0 unspecified atom stereocenters. The standard InChI is InChI=1S/C18H18N2O/c1-13(2)15-5-7-16(8-6-15)18(21)20-17-9-3-14(4-10-17)11-12-19/h3-10,13H,11H2,1-2H3,(H,20,21). The van der Waals surface area contributed by atoms with E-state index in [0.29, 0.717) is 17.9 Å². The van der Waals surface area contributed by atoms with Crippen molar-refractivity contribution in [1.82, 2.24) is 0 Å². The number of hydrogen-bond donors (Lipinski definition) is 1. The van der Waals surface area contributed by atoms with Gasteiger partial charge in [-0.3, -0.25) is 4.79 Å². The molecule has 2 rings (SSSR count). The van der Waals surface area contributed by atoms with Gasteiger partial charge in [0.05, 0.1) is 12.5 Å². The van der Waals surface area contributed by atoms with Crippen LogP contribution in [0.4, 0.5) is 5.69 Å². The van der Waals surface area contributed by atoms with Gasteiger partial charge in [0.2, 0.25) is 0 Å². The number of nitrogens with one attached hydrogen (secondary N) is 1. The molecule has 0 bridgehead atoms. The van der Waals surface area contributed by atoms with Gasteiger partial charge in [0.25, 0.3) is 5.91 Å². The van der Waals surface area contributed by atoms with E-state index >= 15 is 0 Å². The van der Waals surface area contributed by atoms with Crippen LogP contribution in [-0.4, -0.2) is 5.91 Å². The molecule has 0 aliphatic heterocycles. The first-order valence-corrected chi connectivity index (χ1v) is 6.97. The lowest BCUT2D eigenvalue weighted by Gasteiger charge is -2.08. The Morgan fingerprint density at radius 1 is 1.10 bits per heavy atom. The molecule has 2 aromatic carbocycles. The molecule has 21 heavy (non-hydrogen) atoms. The van der Waals surface area contributed by atoms with Crippen molar-refractivity contribution >= 4 is 11.6 Å². The second kappa shape index (κ2) is 6.71. The number of nitrogens with zero attached hydrogens (tertiary/aromatic N) is 1. The van der Waals surface area contributed by atoms with Gasteiger partial charge in [-0.2, -0.15) is 5.26 Å². The third kappa shape index (κ3) is 3.93. The Labute approximate surface area is 125 Å². The fourth-order valence-electron chi connectivity index (χ4n) is 2.02. The van der Waals surface area contributed by atoms with Gasteiger partial charge < -0.3 is 5.32 Å². The maximum absolute atomic E-state index is 12.1. The van der Waals surface area contributed by atoms with Gasteiger partial charge in [-0.1, -0.05) is 38.1 Å². The highest BCUT2D eigenvalue weighted by Gasteiger charge is 2.07. The third-order valence-corrected chi connectivity index (χ3v) is 3.33. The molecule has 106 valence electrons. The van der Waals surface area contributed by atoms with Crippen LogP contribution in [0.25, 0.3) is 0 Å².